The molecular formula is C23H20N4O2. The van der Waals surface area contributed by atoms with Crippen molar-refractivity contribution in [1.82, 2.24) is 19.7 Å². The smallest absolute Gasteiger partial charge is 0.265 e. The van der Waals surface area contributed by atoms with Gasteiger partial charge in [0.1, 0.15) is 0 Å². The summed E-state index contributed by atoms with van der Waals surface area (Å²) in [6, 6.07) is 13.1. The van der Waals surface area contributed by atoms with Crippen molar-refractivity contribution in [3.63, 3.8) is 0 Å². The molecule has 3 heterocycles. The SMILES string of the molecule is O=C(NC1CCCC1)c1cccn2c(=O)c3cc(-c4ccncc4)ccc3nc12. The van der Waals surface area contributed by atoms with Gasteiger partial charge in [-0.2, -0.15) is 0 Å². The molecule has 1 aliphatic carbocycles. The lowest BCUT2D eigenvalue weighted by Crippen LogP contribution is -2.33. The van der Waals surface area contributed by atoms with Crippen LogP contribution in [0.2, 0.25) is 0 Å². The van der Waals surface area contributed by atoms with Crippen LogP contribution in [0.15, 0.2) is 65.8 Å². The molecule has 29 heavy (non-hydrogen) atoms. The van der Waals surface area contributed by atoms with Crippen molar-refractivity contribution in [1.29, 1.82) is 0 Å². The second-order valence-electron chi connectivity index (χ2n) is 7.46. The Hall–Kier alpha value is -3.54. The highest BCUT2D eigenvalue weighted by Gasteiger charge is 2.20. The van der Waals surface area contributed by atoms with E-state index in [1.165, 1.54) is 4.40 Å². The van der Waals surface area contributed by atoms with E-state index in [-0.39, 0.29) is 17.5 Å². The summed E-state index contributed by atoms with van der Waals surface area (Å²) >= 11 is 0. The van der Waals surface area contributed by atoms with Crippen LogP contribution < -0.4 is 10.9 Å². The van der Waals surface area contributed by atoms with Crippen LogP contribution in [0, 0.1) is 0 Å². The number of benzene rings is 1. The molecule has 4 aromatic rings. The third kappa shape index (κ3) is 3.16. The van der Waals surface area contributed by atoms with Gasteiger partial charge in [0, 0.05) is 24.6 Å². The van der Waals surface area contributed by atoms with Crippen LogP contribution in [-0.2, 0) is 0 Å². The molecule has 144 valence electrons. The number of rotatable bonds is 3. The number of pyridine rings is 2. The monoisotopic (exact) mass is 384 g/mol. The molecule has 1 N–H and O–H groups in total. The number of hydrogen-bond acceptors (Lipinski definition) is 4. The van der Waals surface area contributed by atoms with Gasteiger partial charge in [0.05, 0.1) is 16.5 Å². The second kappa shape index (κ2) is 7.13. The van der Waals surface area contributed by atoms with Crippen LogP contribution in [-0.4, -0.2) is 26.3 Å². The molecule has 1 aromatic carbocycles. The van der Waals surface area contributed by atoms with Gasteiger partial charge in [-0.25, -0.2) is 4.98 Å². The first kappa shape index (κ1) is 17.6. The van der Waals surface area contributed by atoms with Gasteiger partial charge in [0.15, 0.2) is 5.65 Å². The number of carbonyl (C=O) groups excluding carboxylic acids is 1. The van der Waals surface area contributed by atoms with Crippen molar-refractivity contribution in [3.8, 4) is 11.1 Å². The Morgan fingerprint density at radius 3 is 2.62 bits per heavy atom. The molecule has 0 atom stereocenters. The van der Waals surface area contributed by atoms with Crippen LogP contribution in [0.25, 0.3) is 27.7 Å². The first-order valence-electron chi connectivity index (χ1n) is 9.87. The average molecular weight is 384 g/mol. The van der Waals surface area contributed by atoms with Crippen molar-refractivity contribution < 1.29 is 4.79 Å². The van der Waals surface area contributed by atoms with Gasteiger partial charge in [-0.3, -0.25) is 19.0 Å². The first-order chi connectivity index (χ1) is 14.2. The Morgan fingerprint density at radius 1 is 1.03 bits per heavy atom. The lowest BCUT2D eigenvalue weighted by molar-refractivity contribution is 0.0939. The summed E-state index contributed by atoms with van der Waals surface area (Å²) in [6.45, 7) is 0. The van der Waals surface area contributed by atoms with Crippen molar-refractivity contribution in [2.75, 3.05) is 0 Å². The topological polar surface area (TPSA) is 76.4 Å². The van der Waals surface area contributed by atoms with Gasteiger partial charge in [0.25, 0.3) is 11.5 Å². The molecule has 0 spiro atoms. The summed E-state index contributed by atoms with van der Waals surface area (Å²) in [5.41, 5.74) is 3.11. The van der Waals surface area contributed by atoms with Crippen LogP contribution in [0.1, 0.15) is 36.0 Å². The first-order valence-corrected chi connectivity index (χ1v) is 9.87. The Bertz CT molecular complexity index is 1270. The maximum atomic E-state index is 13.2. The van der Waals surface area contributed by atoms with Crippen LogP contribution in [0.5, 0.6) is 0 Å². The highest BCUT2D eigenvalue weighted by atomic mass is 16.2. The predicted molar refractivity (Wildman–Crippen MR) is 112 cm³/mol. The zero-order chi connectivity index (χ0) is 19.8. The zero-order valence-electron chi connectivity index (χ0n) is 15.8. The molecule has 6 heteroatoms. The summed E-state index contributed by atoms with van der Waals surface area (Å²) in [5.74, 6) is -0.172. The Labute approximate surface area is 167 Å². The van der Waals surface area contributed by atoms with Gasteiger partial charge in [-0.1, -0.05) is 18.9 Å². The van der Waals surface area contributed by atoms with Crippen molar-refractivity contribution in [2.45, 2.75) is 31.7 Å². The number of amides is 1. The average Bonchev–Trinajstić information content (AvgIpc) is 3.27. The molecule has 1 amide bonds. The van der Waals surface area contributed by atoms with Crippen LogP contribution in [0.4, 0.5) is 0 Å². The minimum atomic E-state index is -0.184. The van der Waals surface area contributed by atoms with Crippen LogP contribution in [0.3, 0.4) is 0 Å². The number of carbonyl (C=O) groups is 1. The van der Waals surface area contributed by atoms with E-state index in [0.29, 0.717) is 22.1 Å². The van der Waals surface area contributed by atoms with E-state index < -0.39 is 0 Å². The molecular weight excluding hydrogens is 364 g/mol. The Morgan fingerprint density at radius 2 is 1.83 bits per heavy atom. The lowest BCUT2D eigenvalue weighted by atomic mass is 10.0. The molecule has 0 aliphatic heterocycles. The summed E-state index contributed by atoms with van der Waals surface area (Å²) < 4.78 is 1.46. The summed E-state index contributed by atoms with van der Waals surface area (Å²) in [6.07, 6.45) is 9.40. The van der Waals surface area contributed by atoms with E-state index in [1.807, 2.05) is 30.3 Å². The quantitative estimate of drug-likeness (QED) is 0.548. The maximum absolute atomic E-state index is 13.2. The van der Waals surface area contributed by atoms with E-state index in [4.69, 9.17) is 0 Å². The Kier molecular flexibility index (Phi) is 4.31. The second-order valence-corrected chi connectivity index (χ2v) is 7.46. The lowest BCUT2D eigenvalue weighted by Gasteiger charge is -2.13. The van der Waals surface area contributed by atoms with Gasteiger partial charge < -0.3 is 5.32 Å². The standard InChI is InChI=1S/C23H20N4O2/c28-22(25-17-4-1-2-5-17)18-6-3-13-27-21(18)26-20-8-7-16(14-19(20)23(27)29)15-9-11-24-12-10-15/h3,6-14,17H,1-2,4-5H2,(H,25,28). The van der Waals surface area contributed by atoms with Crippen molar-refractivity contribution >= 4 is 22.5 Å². The summed E-state index contributed by atoms with van der Waals surface area (Å²) in [5, 5.41) is 3.60. The molecule has 0 unspecified atom stereocenters. The molecule has 0 bridgehead atoms. The fourth-order valence-corrected chi connectivity index (χ4v) is 4.06. The number of hydrogen-bond donors (Lipinski definition) is 1. The Balaban J connectivity index is 1.63. The zero-order valence-corrected chi connectivity index (χ0v) is 15.8. The molecule has 3 aromatic heterocycles. The van der Waals surface area contributed by atoms with E-state index in [2.05, 4.69) is 15.3 Å². The maximum Gasteiger partial charge on any atom is 0.265 e. The summed E-state index contributed by atoms with van der Waals surface area (Å²) in [4.78, 5) is 34.7. The molecule has 1 fully saturated rings. The molecule has 0 saturated heterocycles. The number of aromatic nitrogens is 3. The molecule has 0 radical (unpaired) electrons. The number of fused-ring (bicyclic) bond motifs is 2. The normalized spacial score (nSPS) is 14.5. The largest absolute Gasteiger partial charge is 0.349 e. The third-order valence-electron chi connectivity index (χ3n) is 5.59. The van der Waals surface area contributed by atoms with Crippen LogP contribution >= 0.6 is 0 Å². The van der Waals surface area contributed by atoms with Gasteiger partial charge in [-0.05, 0) is 60.4 Å². The highest BCUT2D eigenvalue weighted by molar-refractivity contribution is 6.00. The van der Waals surface area contributed by atoms with E-state index in [1.54, 1.807) is 30.7 Å². The number of nitrogens with zero attached hydrogens (tertiary/aromatic N) is 3. The van der Waals surface area contributed by atoms with E-state index in [9.17, 15) is 9.59 Å². The minimum absolute atomic E-state index is 0.172. The fourth-order valence-electron chi connectivity index (χ4n) is 4.06. The van der Waals surface area contributed by atoms with Gasteiger partial charge in [-0.15, -0.1) is 0 Å². The number of nitrogens with one attached hydrogen (secondary N) is 1. The van der Waals surface area contributed by atoms with Crippen molar-refractivity contribution in [3.05, 3.63) is 77.0 Å². The molecule has 6 nitrogen and oxygen atoms in total. The minimum Gasteiger partial charge on any atom is -0.349 e. The molecule has 1 saturated carbocycles. The summed E-state index contributed by atoms with van der Waals surface area (Å²) in [7, 11) is 0. The highest BCUT2D eigenvalue weighted by Crippen LogP contribution is 2.23. The predicted octanol–water partition coefficient (Wildman–Crippen LogP) is 3.58. The third-order valence-corrected chi connectivity index (χ3v) is 5.59. The van der Waals surface area contributed by atoms with Crippen molar-refractivity contribution in [2.24, 2.45) is 0 Å². The van der Waals surface area contributed by atoms with Gasteiger partial charge in [0.2, 0.25) is 0 Å². The van der Waals surface area contributed by atoms with E-state index >= 15 is 0 Å². The molecule has 1 aliphatic rings. The van der Waals surface area contributed by atoms with Gasteiger partial charge >= 0.3 is 0 Å². The van der Waals surface area contributed by atoms with E-state index in [0.717, 1.165) is 36.8 Å². The molecule has 5 rings (SSSR count). The fraction of sp³-hybridized carbons (Fsp3) is 0.217.